The van der Waals surface area contributed by atoms with Crippen molar-refractivity contribution >= 4 is 27.3 Å². The zero-order valence-corrected chi connectivity index (χ0v) is 11.6. The maximum absolute atomic E-state index is 13.2. The molecule has 0 spiro atoms. The van der Waals surface area contributed by atoms with Gasteiger partial charge in [0.2, 0.25) is 0 Å². The molecule has 3 nitrogen and oxygen atoms in total. The average molecular weight is 300 g/mol. The Morgan fingerprint density at radius 1 is 1.16 bits per heavy atom. The molecule has 2 aromatic rings. The maximum Gasteiger partial charge on any atom is 0.262 e. The first-order valence-electron chi connectivity index (χ1n) is 5.43. The summed E-state index contributed by atoms with van der Waals surface area (Å²) >= 11 is 5.89. The lowest BCUT2D eigenvalue weighted by molar-refractivity contribution is 0.594. The zero-order chi connectivity index (χ0) is 14.0. The molecule has 0 saturated carbocycles. The van der Waals surface area contributed by atoms with Gasteiger partial charge in [-0.1, -0.05) is 29.8 Å². The van der Waals surface area contributed by atoms with Crippen LogP contribution in [0.4, 0.5) is 10.1 Å². The summed E-state index contributed by atoms with van der Waals surface area (Å²) in [5, 5.41) is 0.278. The third kappa shape index (κ3) is 3.05. The van der Waals surface area contributed by atoms with Gasteiger partial charge in [0, 0.05) is 0 Å². The Kier molecular flexibility index (Phi) is 3.78. The van der Waals surface area contributed by atoms with E-state index < -0.39 is 15.8 Å². The van der Waals surface area contributed by atoms with E-state index in [1.165, 1.54) is 18.2 Å². The maximum atomic E-state index is 13.2. The number of hydrogen-bond donors (Lipinski definition) is 1. The fraction of sp³-hybridized carbons (Fsp3) is 0.0769. The predicted molar refractivity (Wildman–Crippen MR) is 73.4 cm³/mol. The molecular formula is C13H11ClFNO2S. The van der Waals surface area contributed by atoms with Crippen LogP contribution in [0.5, 0.6) is 0 Å². The Labute approximate surface area is 116 Å². The molecule has 0 unspecified atom stereocenters. The highest BCUT2D eigenvalue weighted by Crippen LogP contribution is 2.25. The summed E-state index contributed by atoms with van der Waals surface area (Å²) in [6.45, 7) is 1.60. The van der Waals surface area contributed by atoms with Gasteiger partial charge in [0.05, 0.1) is 15.6 Å². The van der Waals surface area contributed by atoms with E-state index >= 15 is 0 Å². The van der Waals surface area contributed by atoms with Crippen molar-refractivity contribution in [3.8, 4) is 0 Å². The fourth-order valence-corrected chi connectivity index (χ4v) is 3.18. The van der Waals surface area contributed by atoms with Gasteiger partial charge in [-0.3, -0.25) is 4.72 Å². The third-order valence-electron chi connectivity index (χ3n) is 2.56. The molecule has 100 valence electrons. The van der Waals surface area contributed by atoms with Gasteiger partial charge in [0.25, 0.3) is 10.0 Å². The Hall–Kier alpha value is -1.59. The van der Waals surface area contributed by atoms with Crippen molar-refractivity contribution in [1.29, 1.82) is 0 Å². The van der Waals surface area contributed by atoms with Crippen molar-refractivity contribution in [3.05, 3.63) is 58.9 Å². The number of para-hydroxylation sites is 1. The number of halogens is 2. The molecule has 2 rings (SSSR count). The quantitative estimate of drug-likeness (QED) is 0.941. The van der Waals surface area contributed by atoms with Crippen LogP contribution in [0.25, 0.3) is 0 Å². The van der Waals surface area contributed by atoms with Crippen LogP contribution in [0.2, 0.25) is 5.02 Å². The van der Waals surface area contributed by atoms with E-state index in [2.05, 4.69) is 4.72 Å². The SMILES string of the molecule is Cc1ccc(F)cc1S(=O)(=O)Nc1ccccc1Cl. The van der Waals surface area contributed by atoms with Crippen LogP contribution in [-0.4, -0.2) is 8.42 Å². The van der Waals surface area contributed by atoms with Crippen LogP contribution in [0.1, 0.15) is 5.56 Å². The average Bonchev–Trinajstić information content (AvgIpc) is 2.35. The van der Waals surface area contributed by atoms with Gasteiger partial charge >= 0.3 is 0 Å². The molecule has 0 saturated heterocycles. The van der Waals surface area contributed by atoms with E-state index in [1.54, 1.807) is 25.1 Å². The topological polar surface area (TPSA) is 46.2 Å². The Bertz CT molecular complexity index is 716. The van der Waals surface area contributed by atoms with Crippen molar-refractivity contribution in [3.63, 3.8) is 0 Å². The molecule has 1 N–H and O–H groups in total. The van der Waals surface area contributed by atoms with Crippen molar-refractivity contribution in [1.82, 2.24) is 0 Å². The summed E-state index contributed by atoms with van der Waals surface area (Å²) in [5.41, 5.74) is 0.716. The number of sulfonamides is 1. The molecule has 0 bridgehead atoms. The second kappa shape index (κ2) is 5.19. The second-order valence-electron chi connectivity index (χ2n) is 4.00. The largest absolute Gasteiger partial charge is 0.278 e. The molecule has 0 aliphatic heterocycles. The number of anilines is 1. The van der Waals surface area contributed by atoms with E-state index in [9.17, 15) is 12.8 Å². The number of hydrogen-bond acceptors (Lipinski definition) is 2. The number of rotatable bonds is 3. The van der Waals surface area contributed by atoms with Gasteiger partial charge in [-0.2, -0.15) is 0 Å². The summed E-state index contributed by atoms with van der Waals surface area (Å²) in [5.74, 6) is -0.606. The first-order valence-corrected chi connectivity index (χ1v) is 7.30. The van der Waals surface area contributed by atoms with Gasteiger partial charge in [0.1, 0.15) is 5.82 Å². The van der Waals surface area contributed by atoms with Gasteiger partial charge in [0.15, 0.2) is 0 Å². The van der Waals surface area contributed by atoms with Crippen LogP contribution >= 0.6 is 11.6 Å². The third-order valence-corrected chi connectivity index (χ3v) is 4.39. The summed E-state index contributed by atoms with van der Waals surface area (Å²) in [6.07, 6.45) is 0. The Balaban J connectivity index is 2.44. The summed E-state index contributed by atoms with van der Waals surface area (Å²) in [6, 6.07) is 10.1. The molecule has 6 heteroatoms. The van der Waals surface area contributed by atoms with E-state index in [0.717, 1.165) is 6.07 Å². The predicted octanol–water partition coefficient (Wildman–Crippen LogP) is 3.59. The van der Waals surface area contributed by atoms with E-state index in [0.29, 0.717) is 5.56 Å². The van der Waals surface area contributed by atoms with Crippen molar-refractivity contribution in [2.75, 3.05) is 4.72 Å². The van der Waals surface area contributed by atoms with E-state index in [-0.39, 0.29) is 15.6 Å². The van der Waals surface area contributed by atoms with Crippen LogP contribution in [-0.2, 0) is 10.0 Å². The molecular weight excluding hydrogens is 289 g/mol. The standard InChI is InChI=1S/C13H11ClFNO2S/c1-9-6-7-10(15)8-13(9)19(17,18)16-12-5-3-2-4-11(12)14/h2-8,16H,1H3. The highest BCUT2D eigenvalue weighted by molar-refractivity contribution is 7.92. The van der Waals surface area contributed by atoms with Crippen LogP contribution in [0, 0.1) is 12.7 Å². The number of nitrogens with one attached hydrogen (secondary N) is 1. The van der Waals surface area contributed by atoms with Gasteiger partial charge in [-0.05, 0) is 36.8 Å². The molecule has 0 atom stereocenters. The minimum absolute atomic E-state index is 0.104. The smallest absolute Gasteiger partial charge is 0.262 e. The molecule has 0 aliphatic carbocycles. The molecule has 0 aliphatic rings. The Morgan fingerprint density at radius 2 is 1.84 bits per heavy atom. The highest BCUT2D eigenvalue weighted by atomic mass is 35.5. The summed E-state index contributed by atoms with van der Waals surface area (Å²) in [4.78, 5) is -0.104. The minimum Gasteiger partial charge on any atom is -0.278 e. The highest BCUT2D eigenvalue weighted by Gasteiger charge is 2.18. The normalized spacial score (nSPS) is 11.3. The first kappa shape index (κ1) is 13.8. The van der Waals surface area contributed by atoms with Crippen LogP contribution < -0.4 is 4.72 Å². The lowest BCUT2D eigenvalue weighted by Crippen LogP contribution is -2.14. The summed E-state index contributed by atoms with van der Waals surface area (Å²) in [7, 11) is -3.86. The molecule has 2 aromatic carbocycles. The van der Waals surface area contributed by atoms with E-state index in [4.69, 9.17) is 11.6 Å². The van der Waals surface area contributed by atoms with Gasteiger partial charge in [-0.25, -0.2) is 12.8 Å². The van der Waals surface area contributed by atoms with Crippen LogP contribution in [0.15, 0.2) is 47.4 Å². The molecule has 0 fully saturated rings. The fourth-order valence-electron chi connectivity index (χ4n) is 1.61. The second-order valence-corrected chi connectivity index (χ2v) is 6.05. The monoisotopic (exact) mass is 299 g/mol. The molecule has 0 heterocycles. The van der Waals surface area contributed by atoms with E-state index in [1.807, 2.05) is 0 Å². The summed E-state index contributed by atoms with van der Waals surface area (Å²) < 4.78 is 39.9. The molecule has 0 radical (unpaired) electrons. The first-order chi connectivity index (χ1) is 8.90. The molecule has 0 aromatic heterocycles. The van der Waals surface area contributed by atoms with Gasteiger partial charge in [-0.15, -0.1) is 0 Å². The van der Waals surface area contributed by atoms with Crippen molar-refractivity contribution < 1.29 is 12.8 Å². The van der Waals surface area contributed by atoms with Gasteiger partial charge < -0.3 is 0 Å². The molecule has 19 heavy (non-hydrogen) atoms. The van der Waals surface area contributed by atoms with Crippen molar-refractivity contribution in [2.24, 2.45) is 0 Å². The Morgan fingerprint density at radius 3 is 2.53 bits per heavy atom. The lowest BCUT2D eigenvalue weighted by Gasteiger charge is -2.11. The molecule has 0 amide bonds. The van der Waals surface area contributed by atoms with Crippen molar-refractivity contribution in [2.45, 2.75) is 11.8 Å². The number of benzene rings is 2. The minimum atomic E-state index is -3.86. The zero-order valence-electron chi connectivity index (χ0n) is 10.0. The van der Waals surface area contributed by atoms with Crippen LogP contribution in [0.3, 0.4) is 0 Å². The number of aryl methyl sites for hydroxylation is 1. The lowest BCUT2D eigenvalue weighted by atomic mass is 10.2.